The number of anilines is 2. The summed E-state index contributed by atoms with van der Waals surface area (Å²) < 4.78 is 0. The lowest BCUT2D eigenvalue weighted by Gasteiger charge is -2.27. The van der Waals surface area contributed by atoms with Crippen LogP contribution in [0.25, 0.3) is 10.9 Å². The number of rotatable bonds is 7. The molecule has 0 aliphatic rings. The van der Waals surface area contributed by atoms with Crippen molar-refractivity contribution in [1.29, 1.82) is 0 Å². The molecule has 1 aromatic heterocycles. The molecular weight excluding hydrogens is 260 g/mol. The summed E-state index contributed by atoms with van der Waals surface area (Å²) in [4.78, 5) is 11.6. The summed E-state index contributed by atoms with van der Waals surface area (Å²) >= 11 is 0. The Kier molecular flexibility index (Phi) is 5.37. The topological polar surface area (TPSA) is 41.1 Å². The lowest BCUT2D eigenvalue weighted by atomic mass is 10.1. The van der Waals surface area contributed by atoms with E-state index in [-0.39, 0.29) is 0 Å². The van der Waals surface area contributed by atoms with E-state index in [1.165, 1.54) is 6.42 Å². The highest BCUT2D eigenvalue weighted by Gasteiger charge is 2.15. The van der Waals surface area contributed by atoms with Crippen LogP contribution >= 0.6 is 0 Å². The van der Waals surface area contributed by atoms with Gasteiger partial charge in [-0.1, -0.05) is 32.4 Å². The number of hydrogen-bond donors (Lipinski definition) is 1. The van der Waals surface area contributed by atoms with Crippen LogP contribution in [-0.2, 0) is 0 Å². The zero-order valence-electron chi connectivity index (χ0n) is 13.6. The minimum absolute atomic E-state index is 0.465. The van der Waals surface area contributed by atoms with Crippen LogP contribution in [0, 0.1) is 0 Å². The average Bonchev–Trinajstić information content (AvgIpc) is 2.51. The van der Waals surface area contributed by atoms with Gasteiger partial charge in [-0.2, -0.15) is 4.98 Å². The first kappa shape index (κ1) is 15.5. The maximum atomic E-state index is 4.75. The Balaban J connectivity index is 2.43. The summed E-state index contributed by atoms with van der Waals surface area (Å²) in [5.74, 6) is 1.74. The monoisotopic (exact) mass is 286 g/mol. The highest BCUT2D eigenvalue weighted by molar-refractivity contribution is 5.90. The quantitative estimate of drug-likeness (QED) is 0.832. The summed E-state index contributed by atoms with van der Waals surface area (Å²) in [7, 11) is 2.12. The second kappa shape index (κ2) is 7.25. The third-order valence-corrected chi connectivity index (χ3v) is 3.82. The molecule has 4 heteroatoms. The van der Waals surface area contributed by atoms with Gasteiger partial charge < -0.3 is 10.2 Å². The van der Waals surface area contributed by atoms with E-state index < -0.39 is 0 Å². The number of benzene rings is 1. The van der Waals surface area contributed by atoms with Crippen molar-refractivity contribution in [3.8, 4) is 0 Å². The molecule has 0 spiro atoms. The van der Waals surface area contributed by atoms with Crippen LogP contribution in [0.5, 0.6) is 0 Å². The number of nitrogens with one attached hydrogen (secondary N) is 1. The van der Waals surface area contributed by atoms with E-state index in [1.807, 2.05) is 12.1 Å². The molecule has 1 aromatic carbocycles. The van der Waals surface area contributed by atoms with E-state index in [0.29, 0.717) is 6.04 Å². The van der Waals surface area contributed by atoms with Crippen molar-refractivity contribution >= 4 is 22.7 Å². The van der Waals surface area contributed by atoms with Crippen LogP contribution in [0.1, 0.15) is 40.0 Å². The van der Waals surface area contributed by atoms with Crippen molar-refractivity contribution in [2.75, 3.05) is 23.8 Å². The van der Waals surface area contributed by atoms with Crippen molar-refractivity contribution in [3.05, 3.63) is 24.3 Å². The Morgan fingerprint density at radius 2 is 1.90 bits per heavy atom. The molecule has 21 heavy (non-hydrogen) atoms. The van der Waals surface area contributed by atoms with E-state index in [0.717, 1.165) is 42.1 Å². The van der Waals surface area contributed by atoms with Crippen molar-refractivity contribution in [3.63, 3.8) is 0 Å². The summed E-state index contributed by atoms with van der Waals surface area (Å²) in [5.41, 5.74) is 0.997. The summed E-state index contributed by atoms with van der Waals surface area (Å²) in [6.07, 6.45) is 3.40. The number of fused-ring (bicyclic) bond motifs is 1. The highest BCUT2D eigenvalue weighted by atomic mass is 15.2. The average molecular weight is 286 g/mol. The maximum Gasteiger partial charge on any atom is 0.225 e. The van der Waals surface area contributed by atoms with E-state index >= 15 is 0 Å². The maximum absolute atomic E-state index is 4.75. The second-order valence-electron chi connectivity index (χ2n) is 5.56. The fourth-order valence-electron chi connectivity index (χ4n) is 2.46. The smallest absolute Gasteiger partial charge is 0.225 e. The third-order valence-electron chi connectivity index (χ3n) is 3.82. The van der Waals surface area contributed by atoms with Gasteiger partial charge in [0, 0.05) is 25.0 Å². The molecule has 0 fully saturated rings. The van der Waals surface area contributed by atoms with Crippen LogP contribution < -0.4 is 10.2 Å². The number of hydrogen-bond acceptors (Lipinski definition) is 4. The molecule has 0 saturated carbocycles. The zero-order chi connectivity index (χ0) is 15.2. The van der Waals surface area contributed by atoms with Gasteiger partial charge in [-0.3, -0.25) is 0 Å². The fraction of sp³-hybridized carbons (Fsp3) is 0.529. The minimum Gasteiger partial charge on any atom is -0.356 e. The van der Waals surface area contributed by atoms with Crippen molar-refractivity contribution in [2.45, 2.75) is 46.1 Å². The van der Waals surface area contributed by atoms with E-state index in [9.17, 15) is 0 Å². The zero-order valence-corrected chi connectivity index (χ0v) is 13.6. The molecule has 0 aliphatic heterocycles. The summed E-state index contributed by atoms with van der Waals surface area (Å²) in [5, 5.41) is 4.42. The molecule has 1 heterocycles. The standard InChI is InChI=1S/C17H26N4/c1-5-9-13(3)21(4)16-14-10-7-8-11-15(14)19-17(20-16)18-12-6-2/h7-8,10-11,13H,5-6,9,12H2,1-4H3,(H,18,19,20). The van der Waals surface area contributed by atoms with Crippen LogP contribution in [0.4, 0.5) is 11.8 Å². The Morgan fingerprint density at radius 1 is 1.14 bits per heavy atom. The molecule has 4 nitrogen and oxygen atoms in total. The normalized spacial score (nSPS) is 12.4. The Labute approximate surface area is 127 Å². The Morgan fingerprint density at radius 3 is 2.62 bits per heavy atom. The predicted molar refractivity (Wildman–Crippen MR) is 91.1 cm³/mol. The molecular formula is C17H26N4. The van der Waals surface area contributed by atoms with Crippen molar-refractivity contribution in [2.24, 2.45) is 0 Å². The molecule has 114 valence electrons. The fourth-order valence-corrected chi connectivity index (χ4v) is 2.46. The Bertz CT molecular complexity index is 582. The molecule has 2 aromatic rings. The van der Waals surface area contributed by atoms with Gasteiger partial charge in [0.2, 0.25) is 5.95 Å². The van der Waals surface area contributed by atoms with Gasteiger partial charge >= 0.3 is 0 Å². The van der Waals surface area contributed by atoms with E-state index in [2.05, 4.69) is 55.2 Å². The molecule has 1 unspecified atom stereocenters. The molecule has 1 atom stereocenters. The molecule has 2 rings (SSSR count). The molecule has 0 amide bonds. The summed E-state index contributed by atoms with van der Waals surface area (Å²) in [6.45, 7) is 7.51. The van der Waals surface area contributed by atoms with Crippen LogP contribution in [0.2, 0.25) is 0 Å². The molecule has 0 radical (unpaired) electrons. The van der Waals surface area contributed by atoms with Crippen molar-refractivity contribution < 1.29 is 0 Å². The van der Waals surface area contributed by atoms with Gasteiger partial charge in [0.25, 0.3) is 0 Å². The predicted octanol–water partition coefficient (Wildman–Crippen LogP) is 4.08. The first-order valence-corrected chi connectivity index (χ1v) is 7.90. The SMILES string of the molecule is CCCNc1nc(N(C)C(C)CCC)c2ccccc2n1. The lowest BCUT2D eigenvalue weighted by Crippen LogP contribution is -2.30. The molecule has 0 aliphatic carbocycles. The molecule has 0 bridgehead atoms. The van der Waals surface area contributed by atoms with Crippen LogP contribution in [0.3, 0.4) is 0 Å². The van der Waals surface area contributed by atoms with Crippen molar-refractivity contribution in [1.82, 2.24) is 9.97 Å². The van der Waals surface area contributed by atoms with Crippen LogP contribution in [-0.4, -0.2) is 29.6 Å². The number of nitrogens with zero attached hydrogens (tertiary/aromatic N) is 3. The first-order valence-electron chi connectivity index (χ1n) is 7.90. The summed E-state index contributed by atoms with van der Waals surface area (Å²) in [6, 6.07) is 8.69. The van der Waals surface area contributed by atoms with E-state index in [4.69, 9.17) is 4.98 Å². The highest BCUT2D eigenvalue weighted by Crippen LogP contribution is 2.26. The first-order chi connectivity index (χ1) is 10.2. The van der Waals surface area contributed by atoms with Gasteiger partial charge in [-0.25, -0.2) is 4.98 Å². The molecule has 1 N–H and O–H groups in total. The second-order valence-corrected chi connectivity index (χ2v) is 5.56. The van der Waals surface area contributed by atoms with Gasteiger partial charge in [0.05, 0.1) is 5.52 Å². The molecule has 0 saturated heterocycles. The largest absolute Gasteiger partial charge is 0.356 e. The van der Waals surface area contributed by atoms with Gasteiger partial charge in [0.1, 0.15) is 5.82 Å². The van der Waals surface area contributed by atoms with Gasteiger partial charge in [-0.05, 0) is 31.9 Å². The number of aromatic nitrogens is 2. The van der Waals surface area contributed by atoms with Gasteiger partial charge in [0.15, 0.2) is 0 Å². The lowest BCUT2D eigenvalue weighted by molar-refractivity contribution is 0.612. The third kappa shape index (κ3) is 3.63. The van der Waals surface area contributed by atoms with Gasteiger partial charge in [-0.15, -0.1) is 0 Å². The Hall–Kier alpha value is -1.84. The van der Waals surface area contributed by atoms with E-state index in [1.54, 1.807) is 0 Å². The van der Waals surface area contributed by atoms with Crippen LogP contribution in [0.15, 0.2) is 24.3 Å². The number of para-hydroxylation sites is 1. The minimum atomic E-state index is 0.465.